The second-order valence-corrected chi connectivity index (χ2v) is 5.34. The lowest BCUT2D eigenvalue weighted by Gasteiger charge is -2.27. The van der Waals surface area contributed by atoms with Gasteiger partial charge in [-0.2, -0.15) is 0 Å². The molecule has 2 aromatic carbocycles. The van der Waals surface area contributed by atoms with E-state index >= 15 is 0 Å². The van der Waals surface area contributed by atoms with E-state index in [1.807, 2.05) is 42.5 Å². The van der Waals surface area contributed by atoms with E-state index < -0.39 is 6.10 Å². The molecule has 2 aromatic rings. The fourth-order valence-electron chi connectivity index (χ4n) is 2.82. The summed E-state index contributed by atoms with van der Waals surface area (Å²) >= 11 is 0. The number of ether oxygens (including phenoxy) is 1. The van der Waals surface area contributed by atoms with Crippen LogP contribution in [0.5, 0.6) is 0 Å². The summed E-state index contributed by atoms with van der Waals surface area (Å²) in [6, 6.07) is 20.3. The molecular weight excluding hydrogens is 260 g/mol. The Morgan fingerprint density at radius 3 is 1.90 bits per heavy atom. The first kappa shape index (κ1) is 13.9. The van der Waals surface area contributed by atoms with E-state index in [4.69, 9.17) is 4.74 Å². The van der Waals surface area contributed by atoms with E-state index in [9.17, 15) is 5.11 Å². The van der Waals surface area contributed by atoms with Gasteiger partial charge in [-0.3, -0.25) is 0 Å². The molecule has 0 spiro atoms. The molecule has 0 aliphatic carbocycles. The van der Waals surface area contributed by atoms with Gasteiger partial charge in [0.1, 0.15) is 11.9 Å². The molecular formula is C19H20O2. The lowest BCUT2D eigenvalue weighted by atomic mass is 9.85. The molecule has 2 heteroatoms. The van der Waals surface area contributed by atoms with Crippen LogP contribution in [0.3, 0.4) is 0 Å². The van der Waals surface area contributed by atoms with Crippen molar-refractivity contribution < 1.29 is 9.84 Å². The third kappa shape index (κ3) is 3.17. The van der Waals surface area contributed by atoms with Crippen molar-refractivity contribution in [3.05, 3.63) is 83.6 Å². The summed E-state index contributed by atoms with van der Waals surface area (Å²) in [5.74, 6) is 0.607. The number of allylic oxidation sites excluding steroid dienone is 1. The molecule has 1 N–H and O–H groups in total. The van der Waals surface area contributed by atoms with Gasteiger partial charge in [-0.25, -0.2) is 0 Å². The van der Waals surface area contributed by atoms with Gasteiger partial charge in [0.05, 0.1) is 6.61 Å². The molecule has 0 radical (unpaired) electrons. The fraction of sp³-hybridized carbons (Fsp3) is 0.263. The molecule has 2 nitrogen and oxygen atoms in total. The quantitative estimate of drug-likeness (QED) is 0.921. The minimum Gasteiger partial charge on any atom is -0.495 e. The molecule has 0 bridgehead atoms. The zero-order valence-corrected chi connectivity index (χ0v) is 12.0. The van der Waals surface area contributed by atoms with Crippen LogP contribution in [0.15, 0.2) is 72.5 Å². The Morgan fingerprint density at radius 2 is 1.43 bits per heavy atom. The highest BCUT2D eigenvalue weighted by Crippen LogP contribution is 2.32. The smallest absolute Gasteiger partial charge is 0.122 e. The van der Waals surface area contributed by atoms with Gasteiger partial charge in [-0.1, -0.05) is 60.7 Å². The van der Waals surface area contributed by atoms with Gasteiger partial charge in [0.15, 0.2) is 0 Å². The summed E-state index contributed by atoms with van der Waals surface area (Å²) < 4.78 is 5.67. The van der Waals surface area contributed by atoms with Gasteiger partial charge in [0.25, 0.3) is 0 Å². The topological polar surface area (TPSA) is 29.5 Å². The van der Waals surface area contributed by atoms with Crippen LogP contribution < -0.4 is 0 Å². The number of hydrogen-bond donors (Lipinski definition) is 1. The molecule has 0 saturated carbocycles. The van der Waals surface area contributed by atoms with Gasteiger partial charge in [0.2, 0.25) is 0 Å². The maximum atomic E-state index is 10.8. The molecule has 3 rings (SSSR count). The van der Waals surface area contributed by atoms with Crippen LogP contribution in [0.25, 0.3) is 0 Å². The van der Waals surface area contributed by atoms with Gasteiger partial charge in [-0.05, 0) is 30.0 Å². The number of rotatable bonds is 4. The largest absolute Gasteiger partial charge is 0.495 e. The Morgan fingerprint density at radius 1 is 0.857 bits per heavy atom. The SMILES string of the molecule is OC(C1=CCCCO1)C(c1ccccc1)c1ccccc1. The molecule has 0 fully saturated rings. The first-order valence-corrected chi connectivity index (χ1v) is 7.47. The van der Waals surface area contributed by atoms with Crippen LogP contribution in [0.4, 0.5) is 0 Å². The normalized spacial score (nSPS) is 16.2. The van der Waals surface area contributed by atoms with Crippen LogP contribution in [-0.2, 0) is 4.74 Å². The van der Waals surface area contributed by atoms with Crippen molar-refractivity contribution >= 4 is 0 Å². The summed E-state index contributed by atoms with van der Waals surface area (Å²) in [5, 5.41) is 10.8. The molecule has 0 saturated heterocycles. The van der Waals surface area contributed by atoms with E-state index in [0.29, 0.717) is 12.4 Å². The zero-order valence-electron chi connectivity index (χ0n) is 12.0. The zero-order chi connectivity index (χ0) is 14.5. The van der Waals surface area contributed by atoms with Crippen LogP contribution in [0.2, 0.25) is 0 Å². The van der Waals surface area contributed by atoms with Crippen molar-refractivity contribution in [2.75, 3.05) is 6.61 Å². The van der Waals surface area contributed by atoms with Gasteiger partial charge in [-0.15, -0.1) is 0 Å². The monoisotopic (exact) mass is 280 g/mol. The number of aliphatic hydroxyl groups is 1. The van der Waals surface area contributed by atoms with Crippen molar-refractivity contribution in [3.63, 3.8) is 0 Å². The molecule has 0 aromatic heterocycles. The highest BCUT2D eigenvalue weighted by atomic mass is 16.5. The molecule has 108 valence electrons. The fourth-order valence-corrected chi connectivity index (χ4v) is 2.82. The third-order valence-electron chi connectivity index (χ3n) is 3.89. The molecule has 1 unspecified atom stereocenters. The van der Waals surface area contributed by atoms with Crippen molar-refractivity contribution in [2.24, 2.45) is 0 Å². The average Bonchev–Trinajstić information content (AvgIpc) is 2.58. The van der Waals surface area contributed by atoms with Gasteiger partial charge in [0, 0.05) is 5.92 Å². The van der Waals surface area contributed by atoms with Gasteiger partial charge >= 0.3 is 0 Å². The van der Waals surface area contributed by atoms with E-state index in [1.165, 1.54) is 0 Å². The lowest BCUT2D eigenvalue weighted by Crippen LogP contribution is -2.25. The summed E-state index contributed by atoms with van der Waals surface area (Å²) in [6.07, 6.45) is 3.38. The Hall–Kier alpha value is -2.06. The molecule has 1 aliphatic heterocycles. The van der Waals surface area contributed by atoms with E-state index in [2.05, 4.69) is 24.3 Å². The predicted octanol–water partition coefficient (Wildman–Crippen LogP) is 3.87. The summed E-state index contributed by atoms with van der Waals surface area (Å²) in [5.41, 5.74) is 2.21. The molecule has 1 aliphatic rings. The predicted molar refractivity (Wildman–Crippen MR) is 84.0 cm³/mol. The summed E-state index contributed by atoms with van der Waals surface area (Å²) in [7, 11) is 0. The second-order valence-electron chi connectivity index (χ2n) is 5.34. The van der Waals surface area contributed by atoms with Crippen molar-refractivity contribution in [2.45, 2.75) is 24.9 Å². The average molecular weight is 280 g/mol. The Balaban J connectivity index is 1.98. The Labute approximate surface area is 125 Å². The first-order valence-electron chi connectivity index (χ1n) is 7.47. The van der Waals surface area contributed by atoms with E-state index in [-0.39, 0.29) is 5.92 Å². The first-order chi connectivity index (χ1) is 10.4. The maximum Gasteiger partial charge on any atom is 0.122 e. The van der Waals surface area contributed by atoms with Crippen LogP contribution >= 0.6 is 0 Å². The van der Waals surface area contributed by atoms with Crippen molar-refractivity contribution in [3.8, 4) is 0 Å². The van der Waals surface area contributed by atoms with Crippen molar-refractivity contribution in [1.82, 2.24) is 0 Å². The Bertz CT molecular complexity index is 550. The second kappa shape index (κ2) is 6.59. The van der Waals surface area contributed by atoms with Crippen molar-refractivity contribution in [1.29, 1.82) is 0 Å². The number of aliphatic hydroxyl groups excluding tert-OH is 1. The molecule has 1 atom stereocenters. The Kier molecular flexibility index (Phi) is 4.37. The lowest BCUT2D eigenvalue weighted by molar-refractivity contribution is 0.0823. The highest BCUT2D eigenvalue weighted by Gasteiger charge is 2.28. The summed E-state index contributed by atoms with van der Waals surface area (Å²) in [6.45, 7) is 0.694. The molecule has 0 amide bonds. The minimum atomic E-state index is -0.643. The maximum absolute atomic E-state index is 10.8. The molecule has 1 heterocycles. The number of benzene rings is 2. The standard InChI is InChI=1S/C19H20O2/c20-19(17-13-7-8-14-21-17)18(15-9-3-1-4-10-15)16-11-5-2-6-12-16/h1-6,9-13,18-20H,7-8,14H2. The van der Waals surface area contributed by atoms with E-state index in [0.717, 1.165) is 24.0 Å². The third-order valence-corrected chi connectivity index (χ3v) is 3.89. The minimum absolute atomic E-state index is 0.100. The van der Waals surface area contributed by atoms with Crippen LogP contribution in [-0.4, -0.2) is 17.8 Å². The van der Waals surface area contributed by atoms with Gasteiger partial charge < -0.3 is 9.84 Å². The summed E-state index contributed by atoms with van der Waals surface area (Å²) in [4.78, 5) is 0. The van der Waals surface area contributed by atoms with E-state index in [1.54, 1.807) is 0 Å². The van der Waals surface area contributed by atoms with Crippen LogP contribution in [0, 0.1) is 0 Å². The highest BCUT2D eigenvalue weighted by molar-refractivity contribution is 5.36. The molecule has 21 heavy (non-hydrogen) atoms. The number of hydrogen-bond acceptors (Lipinski definition) is 2. The van der Waals surface area contributed by atoms with Crippen LogP contribution in [0.1, 0.15) is 29.9 Å².